The maximum atomic E-state index is 12.6. The molecule has 0 aliphatic heterocycles. The second-order valence-electron chi connectivity index (χ2n) is 7.16. The van der Waals surface area contributed by atoms with Crippen molar-refractivity contribution in [2.45, 2.75) is 27.1 Å². The minimum atomic E-state index is -4.87. The van der Waals surface area contributed by atoms with E-state index in [0.29, 0.717) is 17.3 Å². The Morgan fingerprint density at radius 3 is 2.26 bits per heavy atom. The molecular weight excluding hydrogens is 449 g/mol. The predicted octanol–water partition coefficient (Wildman–Crippen LogP) is 5.92. The number of benzene rings is 2. The molecule has 0 aliphatic rings. The summed E-state index contributed by atoms with van der Waals surface area (Å²) >= 11 is 0. The molecule has 0 atom stereocenters. The Morgan fingerprint density at radius 2 is 1.62 bits per heavy atom. The number of nitrogens with zero attached hydrogens (tertiary/aromatic N) is 3. The zero-order valence-corrected chi connectivity index (χ0v) is 18.9. The highest BCUT2D eigenvalue weighted by Crippen LogP contribution is 2.30. The van der Waals surface area contributed by atoms with Crippen LogP contribution >= 0.6 is 0 Å². The Bertz CT molecular complexity index is 1120. The number of urea groups is 1. The van der Waals surface area contributed by atoms with Crippen LogP contribution in [0.5, 0.6) is 5.75 Å². The van der Waals surface area contributed by atoms with E-state index in [9.17, 15) is 18.0 Å². The molecule has 0 aliphatic carbocycles. The molecule has 3 rings (SSSR count). The second-order valence-corrected chi connectivity index (χ2v) is 7.16. The van der Waals surface area contributed by atoms with Gasteiger partial charge < -0.3 is 25.6 Å². The fourth-order valence-corrected chi connectivity index (χ4v) is 3.18. The average Bonchev–Trinajstić information content (AvgIpc) is 2.76. The molecule has 0 bridgehead atoms. The lowest BCUT2D eigenvalue weighted by atomic mass is 10.2. The molecule has 0 spiro atoms. The van der Waals surface area contributed by atoms with E-state index in [1.165, 1.54) is 18.2 Å². The van der Waals surface area contributed by atoms with Crippen LogP contribution in [0.1, 0.15) is 19.7 Å². The lowest BCUT2D eigenvalue weighted by molar-refractivity contribution is -0.274. The lowest BCUT2D eigenvalue weighted by Gasteiger charge is -2.20. The normalized spacial score (nSPS) is 11.0. The van der Waals surface area contributed by atoms with Gasteiger partial charge in [-0.3, -0.25) is 0 Å². The van der Waals surface area contributed by atoms with Gasteiger partial charge >= 0.3 is 12.4 Å². The number of halogens is 3. The molecule has 0 unspecified atom stereocenters. The van der Waals surface area contributed by atoms with E-state index in [1.54, 1.807) is 24.3 Å². The van der Waals surface area contributed by atoms with Gasteiger partial charge in [-0.15, -0.1) is 13.2 Å². The summed E-state index contributed by atoms with van der Waals surface area (Å²) in [5.74, 6) is 1.59. The smallest absolute Gasteiger partial charge is 0.404 e. The van der Waals surface area contributed by atoms with Crippen LogP contribution in [0, 0.1) is 6.92 Å². The number of carbonyl (C=O) groups is 1. The molecule has 8 nitrogen and oxygen atoms in total. The van der Waals surface area contributed by atoms with Crippen molar-refractivity contribution in [3.05, 3.63) is 60.4 Å². The fraction of sp³-hybridized carbons (Fsp3) is 0.261. The Balaban J connectivity index is 1.64. The van der Waals surface area contributed by atoms with Crippen LogP contribution in [0.3, 0.4) is 0 Å². The number of anilines is 5. The molecule has 34 heavy (non-hydrogen) atoms. The molecule has 2 aromatic carbocycles. The van der Waals surface area contributed by atoms with E-state index in [0.717, 1.165) is 30.7 Å². The standard InChI is InChI=1S/C23H25F3N6O2/c1-4-32(5-2)21-14-20(27-15(3)28-21)29-16-10-12-17(13-11-16)30-22(33)31-18-8-6-7-9-19(18)34-23(24,25)26/h6-14H,4-5H2,1-3H3,(H,27,28,29)(H2,30,31,33). The molecule has 0 radical (unpaired) electrons. The fourth-order valence-electron chi connectivity index (χ4n) is 3.18. The molecule has 0 saturated heterocycles. The first-order chi connectivity index (χ1) is 16.2. The van der Waals surface area contributed by atoms with Crippen molar-refractivity contribution in [2.75, 3.05) is 33.9 Å². The van der Waals surface area contributed by atoms with Crippen molar-refractivity contribution in [1.29, 1.82) is 0 Å². The summed E-state index contributed by atoms with van der Waals surface area (Å²) in [4.78, 5) is 23.3. The van der Waals surface area contributed by atoms with Crippen molar-refractivity contribution in [3.63, 3.8) is 0 Å². The quantitative estimate of drug-likeness (QED) is 0.376. The zero-order chi connectivity index (χ0) is 24.7. The highest BCUT2D eigenvalue weighted by atomic mass is 19.4. The van der Waals surface area contributed by atoms with Crippen LogP contribution in [0.15, 0.2) is 54.6 Å². The van der Waals surface area contributed by atoms with E-state index < -0.39 is 18.1 Å². The topological polar surface area (TPSA) is 91.4 Å². The zero-order valence-electron chi connectivity index (χ0n) is 18.9. The molecule has 1 heterocycles. The molecule has 180 valence electrons. The number of para-hydroxylation sites is 2. The maximum Gasteiger partial charge on any atom is 0.573 e. The van der Waals surface area contributed by atoms with Gasteiger partial charge in [-0.05, 0) is 57.2 Å². The third-order valence-electron chi connectivity index (χ3n) is 4.69. The number of ether oxygens (including phenoxy) is 1. The van der Waals surface area contributed by atoms with Crippen LogP contribution in [0.2, 0.25) is 0 Å². The first-order valence-electron chi connectivity index (χ1n) is 10.6. The van der Waals surface area contributed by atoms with E-state index in [1.807, 2.05) is 13.0 Å². The van der Waals surface area contributed by atoms with Gasteiger partial charge in [-0.25, -0.2) is 14.8 Å². The number of nitrogens with one attached hydrogen (secondary N) is 3. The number of aromatic nitrogens is 2. The third kappa shape index (κ3) is 6.99. The van der Waals surface area contributed by atoms with E-state index in [4.69, 9.17) is 0 Å². The summed E-state index contributed by atoms with van der Waals surface area (Å²) in [5, 5.41) is 8.14. The molecular formula is C23H25F3N6O2. The van der Waals surface area contributed by atoms with Gasteiger partial charge in [-0.2, -0.15) is 0 Å². The van der Waals surface area contributed by atoms with Gasteiger partial charge in [0.2, 0.25) is 0 Å². The summed E-state index contributed by atoms with van der Waals surface area (Å²) < 4.78 is 41.6. The molecule has 0 fully saturated rings. The third-order valence-corrected chi connectivity index (χ3v) is 4.69. The number of rotatable bonds is 8. The molecule has 1 aromatic heterocycles. The summed E-state index contributed by atoms with van der Waals surface area (Å²) in [6, 6.07) is 13.2. The van der Waals surface area contributed by atoms with Crippen molar-refractivity contribution in [2.24, 2.45) is 0 Å². The number of alkyl halides is 3. The van der Waals surface area contributed by atoms with E-state index in [2.05, 4.69) is 49.4 Å². The maximum absolute atomic E-state index is 12.6. The van der Waals surface area contributed by atoms with Gasteiger partial charge in [0.25, 0.3) is 0 Å². The van der Waals surface area contributed by atoms with Crippen LogP contribution in [-0.4, -0.2) is 35.5 Å². The van der Waals surface area contributed by atoms with Crippen molar-refractivity contribution in [1.82, 2.24) is 9.97 Å². The summed E-state index contributed by atoms with van der Waals surface area (Å²) in [6.45, 7) is 7.57. The predicted molar refractivity (Wildman–Crippen MR) is 126 cm³/mol. The van der Waals surface area contributed by atoms with Crippen LogP contribution in [0.4, 0.5) is 46.7 Å². The van der Waals surface area contributed by atoms with Crippen LogP contribution in [0.25, 0.3) is 0 Å². The number of hydrogen-bond acceptors (Lipinski definition) is 6. The van der Waals surface area contributed by atoms with Crippen molar-refractivity contribution in [3.8, 4) is 5.75 Å². The lowest BCUT2D eigenvalue weighted by Crippen LogP contribution is -2.23. The summed E-state index contributed by atoms with van der Waals surface area (Å²) in [7, 11) is 0. The largest absolute Gasteiger partial charge is 0.573 e. The number of amides is 2. The number of aryl methyl sites for hydroxylation is 1. The van der Waals surface area contributed by atoms with Crippen LogP contribution in [-0.2, 0) is 0 Å². The number of hydrogen-bond donors (Lipinski definition) is 3. The molecule has 0 saturated carbocycles. The minimum Gasteiger partial charge on any atom is -0.404 e. The Hall–Kier alpha value is -4.02. The monoisotopic (exact) mass is 474 g/mol. The summed E-state index contributed by atoms with van der Waals surface area (Å²) in [6.07, 6.45) is -4.87. The number of carbonyl (C=O) groups excluding carboxylic acids is 1. The Labute approximate surface area is 195 Å². The van der Waals surface area contributed by atoms with E-state index >= 15 is 0 Å². The SMILES string of the molecule is CCN(CC)c1cc(Nc2ccc(NC(=O)Nc3ccccc3OC(F)(F)F)cc2)nc(C)n1. The highest BCUT2D eigenvalue weighted by molar-refractivity contribution is 6.00. The van der Waals surface area contributed by atoms with Crippen molar-refractivity contribution < 1.29 is 22.7 Å². The first-order valence-corrected chi connectivity index (χ1v) is 10.6. The van der Waals surface area contributed by atoms with Gasteiger partial charge in [0, 0.05) is 30.5 Å². The second kappa shape index (κ2) is 10.7. The molecule has 3 aromatic rings. The molecule has 11 heteroatoms. The Kier molecular flexibility index (Phi) is 7.77. The average molecular weight is 474 g/mol. The van der Waals surface area contributed by atoms with Crippen LogP contribution < -0.4 is 25.6 Å². The van der Waals surface area contributed by atoms with E-state index in [-0.39, 0.29) is 5.69 Å². The van der Waals surface area contributed by atoms with Gasteiger partial charge in [0.15, 0.2) is 5.75 Å². The Morgan fingerprint density at radius 1 is 0.971 bits per heavy atom. The molecule has 3 N–H and O–H groups in total. The first kappa shape index (κ1) is 24.6. The van der Waals surface area contributed by atoms with Gasteiger partial charge in [0.1, 0.15) is 17.5 Å². The highest BCUT2D eigenvalue weighted by Gasteiger charge is 2.32. The van der Waals surface area contributed by atoms with Crippen molar-refractivity contribution >= 4 is 34.7 Å². The minimum absolute atomic E-state index is 0.112. The van der Waals surface area contributed by atoms with Gasteiger partial charge in [0.05, 0.1) is 5.69 Å². The van der Waals surface area contributed by atoms with Gasteiger partial charge in [-0.1, -0.05) is 12.1 Å². The summed E-state index contributed by atoms with van der Waals surface area (Å²) in [5.41, 5.74) is 1.07. The molecule has 2 amide bonds.